The first-order valence-corrected chi connectivity index (χ1v) is 5.43. The maximum absolute atomic E-state index is 11.5. The minimum absolute atomic E-state index is 0.147. The molecule has 0 bridgehead atoms. The van der Waals surface area contributed by atoms with Gasteiger partial charge in [0.25, 0.3) is 5.91 Å². The SMILES string of the molecule is C=C(CO)C(=O)N(CC)CCCBr. The van der Waals surface area contributed by atoms with Crippen molar-refractivity contribution in [3.63, 3.8) is 0 Å². The van der Waals surface area contributed by atoms with E-state index < -0.39 is 0 Å². The lowest BCUT2D eigenvalue weighted by Gasteiger charge is -2.20. The third-order valence-corrected chi connectivity index (χ3v) is 2.28. The molecule has 0 radical (unpaired) electrons. The van der Waals surface area contributed by atoms with Crippen LogP contribution in [0.15, 0.2) is 12.2 Å². The van der Waals surface area contributed by atoms with E-state index in [-0.39, 0.29) is 18.1 Å². The molecule has 0 rings (SSSR count). The quantitative estimate of drug-likeness (QED) is 0.567. The van der Waals surface area contributed by atoms with E-state index in [1.54, 1.807) is 4.90 Å². The third-order valence-electron chi connectivity index (χ3n) is 1.72. The largest absolute Gasteiger partial charge is 0.391 e. The monoisotopic (exact) mass is 249 g/mol. The predicted octanol–water partition coefficient (Wildman–Crippen LogP) is 1.17. The van der Waals surface area contributed by atoms with Gasteiger partial charge in [-0.2, -0.15) is 0 Å². The van der Waals surface area contributed by atoms with Crippen molar-refractivity contribution in [2.45, 2.75) is 13.3 Å². The summed E-state index contributed by atoms with van der Waals surface area (Å²) in [7, 11) is 0. The van der Waals surface area contributed by atoms with Gasteiger partial charge in [-0.15, -0.1) is 0 Å². The van der Waals surface area contributed by atoms with Crippen LogP contribution in [-0.4, -0.2) is 40.9 Å². The van der Waals surface area contributed by atoms with Gasteiger partial charge in [0.2, 0.25) is 0 Å². The van der Waals surface area contributed by atoms with Gasteiger partial charge in [-0.05, 0) is 13.3 Å². The van der Waals surface area contributed by atoms with Crippen molar-refractivity contribution in [3.8, 4) is 0 Å². The van der Waals surface area contributed by atoms with Gasteiger partial charge in [-0.3, -0.25) is 4.79 Å². The number of nitrogens with zero attached hydrogens (tertiary/aromatic N) is 1. The van der Waals surface area contributed by atoms with E-state index >= 15 is 0 Å². The average Bonchev–Trinajstić information content (AvgIpc) is 2.17. The number of aliphatic hydroxyl groups excluding tert-OH is 1. The van der Waals surface area contributed by atoms with Gasteiger partial charge in [0.1, 0.15) is 0 Å². The fourth-order valence-corrected chi connectivity index (χ4v) is 1.20. The molecule has 76 valence electrons. The smallest absolute Gasteiger partial charge is 0.251 e. The molecule has 4 heteroatoms. The number of amides is 1. The van der Waals surface area contributed by atoms with Gasteiger partial charge >= 0.3 is 0 Å². The van der Waals surface area contributed by atoms with E-state index in [1.165, 1.54) is 0 Å². The molecule has 13 heavy (non-hydrogen) atoms. The third kappa shape index (κ3) is 4.43. The fraction of sp³-hybridized carbons (Fsp3) is 0.667. The van der Waals surface area contributed by atoms with Gasteiger partial charge in [0.05, 0.1) is 6.61 Å². The molecule has 1 amide bonds. The Morgan fingerprint density at radius 3 is 2.62 bits per heavy atom. The van der Waals surface area contributed by atoms with Crippen LogP contribution in [0.4, 0.5) is 0 Å². The Balaban J connectivity index is 4.06. The summed E-state index contributed by atoms with van der Waals surface area (Å²) in [6, 6.07) is 0. The second-order valence-corrected chi connectivity index (χ2v) is 3.48. The lowest BCUT2D eigenvalue weighted by atomic mass is 10.2. The molecule has 0 aromatic carbocycles. The summed E-state index contributed by atoms with van der Waals surface area (Å²) in [5.74, 6) is -0.147. The van der Waals surface area contributed by atoms with Crippen molar-refractivity contribution < 1.29 is 9.90 Å². The van der Waals surface area contributed by atoms with E-state index in [9.17, 15) is 4.79 Å². The molecule has 0 aliphatic heterocycles. The van der Waals surface area contributed by atoms with Crippen molar-refractivity contribution in [3.05, 3.63) is 12.2 Å². The minimum atomic E-state index is -0.260. The molecule has 3 nitrogen and oxygen atoms in total. The zero-order valence-corrected chi connectivity index (χ0v) is 9.51. The van der Waals surface area contributed by atoms with Crippen molar-refractivity contribution in [1.82, 2.24) is 4.90 Å². The second-order valence-electron chi connectivity index (χ2n) is 2.69. The van der Waals surface area contributed by atoms with Crippen LogP contribution in [0.3, 0.4) is 0 Å². The molecule has 0 unspecified atom stereocenters. The van der Waals surface area contributed by atoms with Crippen LogP contribution in [0, 0.1) is 0 Å². The molecule has 0 aliphatic rings. The van der Waals surface area contributed by atoms with Crippen molar-refractivity contribution in [2.75, 3.05) is 25.0 Å². The highest BCUT2D eigenvalue weighted by Crippen LogP contribution is 2.01. The molecular formula is C9H16BrNO2. The summed E-state index contributed by atoms with van der Waals surface area (Å²) >= 11 is 3.30. The lowest BCUT2D eigenvalue weighted by molar-refractivity contribution is -0.127. The number of likely N-dealkylation sites (N-methyl/N-ethyl adjacent to an activating group) is 1. The fourth-order valence-electron chi connectivity index (χ4n) is 0.945. The Bertz CT molecular complexity index is 182. The lowest BCUT2D eigenvalue weighted by Crippen LogP contribution is -2.33. The van der Waals surface area contributed by atoms with Crippen molar-refractivity contribution in [1.29, 1.82) is 0 Å². The Kier molecular flexibility index (Phi) is 6.90. The van der Waals surface area contributed by atoms with Crippen LogP contribution in [0.1, 0.15) is 13.3 Å². The van der Waals surface area contributed by atoms with E-state index in [4.69, 9.17) is 5.11 Å². The van der Waals surface area contributed by atoms with Crippen molar-refractivity contribution in [2.24, 2.45) is 0 Å². The van der Waals surface area contributed by atoms with Gasteiger partial charge in [0, 0.05) is 24.0 Å². The number of halogens is 1. The first-order valence-electron chi connectivity index (χ1n) is 4.31. The summed E-state index contributed by atoms with van der Waals surface area (Å²) < 4.78 is 0. The standard InChI is InChI=1S/C9H16BrNO2/c1-3-11(6-4-5-10)9(13)8(2)7-12/h12H,2-7H2,1H3. The van der Waals surface area contributed by atoms with Crippen LogP contribution in [0.5, 0.6) is 0 Å². The number of aliphatic hydroxyl groups is 1. The Hall–Kier alpha value is -0.350. The van der Waals surface area contributed by atoms with Crippen LogP contribution in [-0.2, 0) is 4.79 Å². The first kappa shape index (κ1) is 12.7. The highest BCUT2D eigenvalue weighted by atomic mass is 79.9. The number of alkyl halides is 1. The zero-order chi connectivity index (χ0) is 10.3. The summed E-state index contributed by atoms with van der Waals surface area (Å²) in [4.78, 5) is 13.1. The van der Waals surface area contributed by atoms with E-state index in [0.29, 0.717) is 13.1 Å². The van der Waals surface area contributed by atoms with Gasteiger partial charge in [0.15, 0.2) is 0 Å². The predicted molar refractivity (Wildman–Crippen MR) is 56.9 cm³/mol. The Morgan fingerprint density at radius 1 is 1.62 bits per heavy atom. The van der Waals surface area contributed by atoms with Crippen LogP contribution in [0.25, 0.3) is 0 Å². The Morgan fingerprint density at radius 2 is 2.23 bits per heavy atom. The van der Waals surface area contributed by atoms with Gasteiger partial charge < -0.3 is 10.0 Å². The number of carbonyl (C=O) groups excluding carboxylic acids is 1. The molecule has 0 atom stereocenters. The zero-order valence-electron chi connectivity index (χ0n) is 7.92. The number of hydrogen-bond acceptors (Lipinski definition) is 2. The normalized spacial score (nSPS) is 9.77. The van der Waals surface area contributed by atoms with Crippen molar-refractivity contribution >= 4 is 21.8 Å². The maximum atomic E-state index is 11.5. The van der Waals surface area contributed by atoms with E-state index in [1.807, 2.05) is 6.92 Å². The molecule has 0 aromatic rings. The topological polar surface area (TPSA) is 40.5 Å². The summed E-state index contributed by atoms with van der Waals surface area (Å²) in [6.07, 6.45) is 0.915. The molecule has 0 aliphatic carbocycles. The highest BCUT2D eigenvalue weighted by Gasteiger charge is 2.13. The minimum Gasteiger partial charge on any atom is -0.391 e. The average molecular weight is 250 g/mol. The first-order chi connectivity index (χ1) is 6.17. The highest BCUT2D eigenvalue weighted by molar-refractivity contribution is 9.09. The van der Waals surface area contributed by atoms with Gasteiger partial charge in [-0.1, -0.05) is 22.5 Å². The molecule has 0 saturated carbocycles. The van der Waals surface area contributed by atoms with E-state index in [0.717, 1.165) is 11.8 Å². The molecule has 0 spiro atoms. The maximum Gasteiger partial charge on any atom is 0.251 e. The van der Waals surface area contributed by atoms with Crippen LogP contribution in [0.2, 0.25) is 0 Å². The molecule has 0 heterocycles. The summed E-state index contributed by atoms with van der Waals surface area (Å²) in [5.41, 5.74) is 0.261. The second kappa shape index (κ2) is 7.09. The number of hydrogen-bond donors (Lipinski definition) is 1. The molecule has 1 N–H and O–H groups in total. The summed E-state index contributed by atoms with van der Waals surface area (Å²) in [6.45, 7) is 6.52. The molecule has 0 fully saturated rings. The Labute approximate surface area is 87.6 Å². The van der Waals surface area contributed by atoms with E-state index in [2.05, 4.69) is 22.5 Å². The van der Waals surface area contributed by atoms with Crippen LogP contribution >= 0.6 is 15.9 Å². The summed E-state index contributed by atoms with van der Waals surface area (Å²) in [5, 5.41) is 9.60. The molecule has 0 saturated heterocycles. The number of rotatable bonds is 6. The molecular weight excluding hydrogens is 234 g/mol. The number of carbonyl (C=O) groups is 1. The molecule has 0 aromatic heterocycles. The van der Waals surface area contributed by atoms with Crippen LogP contribution < -0.4 is 0 Å². The van der Waals surface area contributed by atoms with Gasteiger partial charge in [-0.25, -0.2) is 0 Å².